The van der Waals surface area contributed by atoms with E-state index in [9.17, 15) is 8.42 Å². The minimum Gasteiger partial charge on any atom is -0.282 e. The molecule has 0 atom stereocenters. The zero-order valence-corrected chi connectivity index (χ0v) is 10.8. The highest BCUT2D eigenvalue weighted by Crippen LogP contribution is 2.18. The van der Waals surface area contributed by atoms with Crippen molar-refractivity contribution in [3.8, 4) is 0 Å². The third-order valence-corrected chi connectivity index (χ3v) is 4.03. The highest BCUT2D eigenvalue weighted by molar-refractivity contribution is 14.1. The smallest absolute Gasteiger partial charge is 0.232 e. The van der Waals surface area contributed by atoms with Crippen LogP contribution in [0, 0.1) is 3.57 Å². The van der Waals surface area contributed by atoms with E-state index in [1.54, 1.807) is 6.07 Å². The lowest BCUT2D eigenvalue weighted by Crippen LogP contribution is -2.16. The van der Waals surface area contributed by atoms with Crippen LogP contribution in [0.3, 0.4) is 0 Å². The largest absolute Gasteiger partial charge is 0.282 e. The van der Waals surface area contributed by atoms with E-state index < -0.39 is 10.0 Å². The van der Waals surface area contributed by atoms with Gasteiger partial charge in [0.15, 0.2) is 0 Å². The molecule has 0 fully saturated rings. The molecule has 0 amide bonds. The van der Waals surface area contributed by atoms with Crippen LogP contribution in [0.5, 0.6) is 0 Å². The van der Waals surface area contributed by atoms with Crippen molar-refractivity contribution in [2.45, 2.75) is 13.3 Å². The summed E-state index contributed by atoms with van der Waals surface area (Å²) in [6, 6.07) is 7.31. The Bertz CT molecular complexity index is 403. The maximum Gasteiger partial charge on any atom is 0.232 e. The van der Waals surface area contributed by atoms with Gasteiger partial charge in [-0.2, -0.15) is 0 Å². The first-order valence-corrected chi connectivity index (χ1v) is 7.03. The summed E-state index contributed by atoms with van der Waals surface area (Å²) in [7, 11) is -3.16. The molecule has 0 saturated carbocycles. The number of halogens is 1. The van der Waals surface area contributed by atoms with Crippen LogP contribution in [0.25, 0.3) is 0 Å². The normalized spacial score (nSPS) is 11.3. The molecule has 0 aliphatic carbocycles. The summed E-state index contributed by atoms with van der Waals surface area (Å²) in [5.41, 5.74) is 0.654. The molecule has 0 heterocycles. The average Bonchev–Trinajstić information content (AvgIpc) is 2.08. The van der Waals surface area contributed by atoms with Gasteiger partial charge in [0.2, 0.25) is 10.0 Å². The van der Waals surface area contributed by atoms with Gasteiger partial charge < -0.3 is 0 Å². The van der Waals surface area contributed by atoms with Gasteiger partial charge in [0.1, 0.15) is 0 Å². The zero-order valence-electron chi connectivity index (χ0n) is 7.83. The second-order valence-electron chi connectivity index (χ2n) is 2.90. The van der Waals surface area contributed by atoms with Gasteiger partial charge in [0, 0.05) is 3.57 Å². The molecule has 0 radical (unpaired) electrons. The van der Waals surface area contributed by atoms with E-state index in [0.29, 0.717) is 12.1 Å². The van der Waals surface area contributed by atoms with Crippen molar-refractivity contribution in [1.29, 1.82) is 0 Å². The van der Waals surface area contributed by atoms with Gasteiger partial charge in [-0.1, -0.05) is 19.1 Å². The molecule has 0 aromatic heterocycles. The number of para-hydroxylation sites is 1. The minimum absolute atomic E-state index is 0.165. The van der Waals surface area contributed by atoms with E-state index in [1.807, 2.05) is 25.1 Å². The van der Waals surface area contributed by atoms with Gasteiger partial charge in [-0.25, -0.2) is 8.42 Å². The highest BCUT2D eigenvalue weighted by Gasteiger charge is 2.09. The average molecular weight is 325 g/mol. The molecule has 1 rings (SSSR count). The van der Waals surface area contributed by atoms with Crippen LogP contribution in [0.1, 0.15) is 13.3 Å². The topological polar surface area (TPSA) is 46.2 Å². The molecule has 0 saturated heterocycles. The molecule has 3 nitrogen and oxygen atoms in total. The maximum atomic E-state index is 11.4. The number of sulfonamides is 1. The van der Waals surface area contributed by atoms with E-state index in [2.05, 4.69) is 27.3 Å². The van der Waals surface area contributed by atoms with Crippen molar-refractivity contribution in [2.75, 3.05) is 10.5 Å². The molecular weight excluding hydrogens is 313 g/mol. The first-order chi connectivity index (χ1) is 6.55. The summed E-state index contributed by atoms with van der Waals surface area (Å²) in [4.78, 5) is 0. The van der Waals surface area contributed by atoms with Gasteiger partial charge in [-0.3, -0.25) is 4.72 Å². The number of benzene rings is 1. The highest BCUT2D eigenvalue weighted by atomic mass is 127. The molecule has 0 bridgehead atoms. The molecular formula is C9H12INO2S. The lowest BCUT2D eigenvalue weighted by Gasteiger charge is -2.08. The second kappa shape index (κ2) is 4.97. The predicted molar refractivity (Wildman–Crippen MR) is 66.9 cm³/mol. The summed E-state index contributed by atoms with van der Waals surface area (Å²) in [6.07, 6.45) is 0.624. The fourth-order valence-electron chi connectivity index (χ4n) is 1.03. The summed E-state index contributed by atoms with van der Waals surface area (Å²) in [5.74, 6) is 0.165. The number of hydrogen-bond donors (Lipinski definition) is 1. The Balaban J connectivity index is 2.84. The zero-order chi connectivity index (χ0) is 10.6. The van der Waals surface area contributed by atoms with Crippen LogP contribution in [-0.2, 0) is 10.0 Å². The van der Waals surface area contributed by atoms with Crippen LogP contribution in [0.15, 0.2) is 24.3 Å². The van der Waals surface area contributed by atoms with Gasteiger partial charge in [0.05, 0.1) is 11.4 Å². The standard InChI is InChI=1S/C9H12INO2S/c1-2-7-14(12,13)11-9-6-4-3-5-8(9)10/h3-6,11H,2,7H2,1H3. The summed E-state index contributed by atoms with van der Waals surface area (Å²) in [6.45, 7) is 1.84. The molecule has 0 spiro atoms. The number of rotatable bonds is 4. The van der Waals surface area contributed by atoms with Crippen molar-refractivity contribution in [3.63, 3.8) is 0 Å². The number of anilines is 1. The van der Waals surface area contributed by atoms with Gasteiger partial charge >= 0.3 is 0 Å². The van der Waals surface area contributed by atoms with Crippen LogP contribution in [0.4, 0.5) is 5.69 Å². The summed E-state index contributed by atoms with van der Waals surface area (Å²) in [5, 5.41) is 0. The Morgan fingerprint density at radius 2 is 2.00 bits per heavy atom. The molecule has 14 heavy (non-hydrogen) atoms. The van der Waals surface area contributed by atoms with Crippen molar-refractivity contribution in [3.05, 3.63) is 27.8 Å². The van der Waals surface area contributed by atoms with Crippen molar-refractivity contribution in [1.82, 2.24) is 0 Å². The molecule has 0 unspecified atom stereocenters. The SMILES string of the molecule is CCCS(=O)(=O)Nc1ccccc1I. The molecule has 1 aromatic carbocycles. The Morgan fingerprint density at radius 1 is 1.36 bits per heavy atom. The lowest BCUT2D eigenvalue weighted by molar-refractivity contribution is 0.600. The maximum absolute atomic E-state index is 11.4. The van der Waals surface area contributed by atoms with Gasteiger partial charge in [-0.15, -0.1) is 0 Å². The number of nitrogens with one attached hydrogen (secondary N) is 1. The lowest BCUT2D eigenvalue weighted by atomic mass is 10.3. The van der Waals surface area contributed by atoms with E-state index in [4.69, 9.17) is 0 Å². The Morgan fingerprint density at radius 3 is 2.57 bits per heavy atom. The molecule has 1 aromatic rings. The molecule has 5 heteroatoms. The minimum atomic E-state index is -3.16. The fourth-order valence-corrected chi connectivity index (χ4v) is 2.89. The predicted octanol–water partition coefficient (Wildman–Crippen LogP) is 2.44. The summed E-state index contributed by atoms with van der Waals surface area (Å²) < 4.78 is 26.3. The van der Waals surface area contributed by atoms with Crippen molar-refractivity contribution >= 4 is 38.3 Å². The van der Waals surface area contributed by atoms with Crippen LogP contribution in [-0.4, -0.2) is 14.2 Å². The second-order valence-corrected chi connectivity index (χ2v) is 5.90. The summed E-state index contributed by atoms with van der Waals surface area (Å²) >= 11 is 2.10. The van der Waals surface area contributed by atoms with E-state index in [1.165, 1.54) is 0 Å². The van der Waals surface area contributed by atoms with Crippen LogP contribution >= 0.6 is 22.6 Å². The van der Waals surface area contributed by atoms with Crippen molar-refractivity contribution in [2.24, 2.45) is 0 Å². The Hall–Kier alpha value is -0.300. The molecule has 78 valence electrons. The Kier molecular flexibility index (Phi) is 4.18. The fraction of sp³-hybridized carbons (Fsp3) is 0.333. The van der Waals surface area contributed by atoms with Gasteiger partial charge in [-0.05, 0) is 41.1 Å². The number of hydrogen-bond acceptors (Lipinski definition) is 2. The first-order valence-electron chi connectivity index (χ1n) is 4.30. The van der Waals surface area contributed by atoms with Crippen LogP contribution < -0.4 is 4.72 Å². The Labute approximate surface area is 98.1 Å². The monoisotopic (exact) mass is 325 g/mol. The quantitative estimate of drug-likeness (QED) is 0.865. The van der Waals surface area contributed by atoms with Crippen LogP contribution in [0.2, 0.25) is 0 Å². The first kappa shape index (κ1) is 11.8. The van der Waals surface area contributed by atoms with E-state index in [-0.39, 0.29) is 5.75 Å². The molecule has 0 aliphatic heterocycles. The molecule has 1 N–H and O–H groups in total. The third-order valence-electron chi connectivity index (χ3n) is 1.61. The van der Waals surface area contributed by atoms with Gasteiger partial charge in [0.25, 0.3) is 0 Å². The van der Waals surface area contributed by atoms with E-state index >= 15 is 0 Å². The third kappa shape index (κ3) is 3.45. The molecule has 0 aliphatic rings. The van der Waals surface area contributed by atoms with E-state index in [0.717, 1.165) is 3.57 Å². The van der Waals surface area contributed by atoms with Crippen molar-refractivity contribution < 1.29 is 8.42 Å².